The van der Waals surface area contributed by atoms with Crippen LogP contribution in [-0.2, 0) is 11.3 Å². The van der Waals surface area contributed by atoms with Gasteiger partial charge in [-0.15, -0.1) is 11.3 Å². The van der Waals surface area contributed by atoms with E-state index in [1.54, 1.807) is 11.3 Å². The predicted octanol–water partition coefficient (Wildman–Crippen LogP) is 2.22. The first-order chi connectivity index (χ1) is 9.22. The molecule has 0 spiro atoms. The summed E-state index contributed by atoms with van der Waals surface area (Å²) < 4.78 is 1.99. The molecule has 1 saturated carbocycles. The summed E-state index contributed by atoms with van der Waals surface area (Å²) in [6.45, 7) is 0.737. The fourth-order valence-electron chi connectivity index (χ4n) is 2.82. The number of carbonyl (C=O) groups is 1. The minimum atomic E-state index is -0.757. The van der Waals surface area contributed by atoms with Gasteiger partial charge in [-0.1, -0.05) is 12.8 Å². The van der Waals surface area contributed by atoms with Crippen molar-refractivity contribution in [2.75, 3.05) is 6.54 Å². The monoisotopic (exact) mass is 279 g/mol. The second-order valence-electron chi connectivity index (χ2n) is 5.06. The van der Waals surface area contributed by atoms with Crippen molar-refractivity contribution in [1.82, 2.24) is 14.3 Å². The third kappa shape index (κ3) is 2.79. The van der Waals surface area contributed by atoms with Gasteiger partial charge in [-0.25, -0.2) is 4.98 Å². The molecule has 0 radical (unpaired) electrons. The summed E-state index contributed by atoms with van der Waals surface area (Å²) in [6.07, 6.45) is 8.60. The molecule has 1 aliphatic carbocycles. The van der Waals surface area contributed by atoms with E-state index in [-0.39, 0.29) is 6.54 Å². The molecule has 1 fully saturated rings. The highest BCUT2D eigenvalue weighted by molar-refractivity contribution is 7.15. The third-order valence-electron chi connectivity index (χ3n) is 3.69. The number of thiazole rings is 1. The Morgan fingerprint density at radius 3 is 3.00 bits per heavy atom. The van der Waals surface area contributed by atoms with Crippen LogP contribution in [0.1, 0.15) is 31.4 Å². The highest BCUT2D eigenvalue weighted by Gasteiger charge is 2.25. The fourth-order valence-corrected chi connectivity index (χ4v) is 3.54. The van der Waals surface area contributed by atoms with Crippen molar-refractivity contribution in [3.05, 3.63) is 23.5 Å². The molecule has 0 atom stereocenters. The molecule has 6 heteroatoms. The Morgan fingerprint density at radius 1 is 1.53 bits per heavy atom. The molecule has 2 aromatic rings. The van der Waals surface area contributed by atoms with Crippen LogP contribution in [0.4, 0.5) is 0 Å². The first kappa shape index (κ1) is 12.6. The number of hydrogen-bond acceptors (Lipinski definition) is 4. The highest BCUT2D eigenvalue weighted by Crippen LogP contribution is 2.25. The molecule has 0 amide bonds. The molecule has 2 aromatic heterocycles. The first-order valence-corrected chi connectivity index (χ1v) is 7.47. The van der Waals surface area contributed by atoms with Gasteiger partial charge < -0.3 is 5.11 Å². The van der Waals surface area contributed by atoms with Gasteiger partial charge in [0.15, 0.2) is 4.96 Å². The zero-order valence-electron chi connectivity index (χ0n) is 10.7. The molecule has 1 aliphatic rings. The maximum atomic E-state index is 11.0. The molecular weight excluding hydrogens is 262 g/mol. The van der Waals surface area contributed by atoms with E-state index in [0.717, 1.165) is 23.5 Å². The van der Waals surface area contributed by atoms with E-state index in [9.17, 15) is 4.79 Å². The third-order valence-corrected chi connectivity index (χ3v) is 4.46. The zero-order valence-corrected chi connectivity index (χ0v) is 11.5. The largest absolute Gasteiger partial charge is 0.480 e. The molecule has 0 unspecified atom stereocenters. The first-order valence-electron chi connectivity index (χ1n) is 6.59. The summed E-state index contributed by atoms with van der Waals surface area (Å²) in [5.41, 5.74) is 0.958. The normalized spacial score (nSPS) is 16.7. The van der Waals surface area contributed by atoms with Crippen molar-refractivity contribution in [2.45, 2.75) is 38.3 Å². The number of hydrogen-bond donors (Lipinski definition) is 1. The van der Waals surface area contributed by atoms with Crippen LogP contribution in [-0.4, -0.2) is 37.9 Å². The highest BCUT2D eigenvalue weighted by atomic mass is 32.1. The van der Waals surface area contributed by atoms with Crippen LogP contribution in [0.5, 0.6) is 0 Å². The number of nitrogens with zero attached hydrogens (tertiary/aromatic N) is 3. The van der Waals surface area contributed by atoms with Crippen LogP contribution in [0.3, 0.4) is 0 Å². The van der Waals surface area contributed by atoms with Gasteiger partial charge in [0.2, 0.25) is 0 Å². The SMILES string of the molecule is O=C(O)CN(Cc1cn2ccsc2n1)C1CCCC1. The number of carboxylic acids is 1. The number of fused-ring (bicyclic) bond motifs is 1. The van der Waals surface area contributed by atoms with Crippen molar-refractivity contribution in [3.63, 3.8) is 0 Å². The Bertz CT molecular complexity index is 543. The van der Waals surface area contributed by atoms with Gasteiger partial charge in [-0.3, -0.25) is 14.1 Å². The smallest absolute Gasteiger partial charge is 0.317 e. The number of carboxylic acid groups (broad SMARTS) is 1. The van der Waals surface area contributed by atoms with Crippen LogP contribution in [0.25, 0.3) is 4.96 Å². The van der Waals surface area contributed by atoms with E-state index in [2.05, 4.69) is 9.88 Å². The van der Waals surface area contributed by atoms with Crippen LogP contribution in [0.15, 0.2) is 17.8 Å². The average molecular weight is 279 g/mol. The Hall–Kier alpha value is -1.40. The maximum absolute atomic E-state index is 11.0. The summed E-state index contributed by atoms with van der Waals surface area (Å²) >= 11 is 1.60. The molecule has 19 heavy (non-hydrogen) atoms. The molecule has 0 bridgehead atoms. The Kier molecular flexibility index (Phi) is 3.52. The van der Waals surface area contributed by atoms with Crippen molar-refractivity contribution >= 4 is 22.3 Å². The van der Waals surface area contributed by atoms with Gasteiger partial charge >= 0.3 is 5.97 Å². The molecule has 2 heterocycles. The van der Waals surface area contributed by atoms with E-state index in [4.69, 9.17) is 5.11 Å². The second kappa shape index (κ2) is 5.30. The van der Waals surface area contributed by atoms with E-state index in [1.165, 1.54) is 12.8 Å². The Balaban J connectivity index is 1.75. The van der Waals surface area contributed by atoms with Crippen molar-refractivity contribution in [3.8, 4) is 0 Å². The lowest BCUT2D eigenvalue weighted by molar-refractivity contribution is -0.139. The molecule has 3 rings (SSSR count). The zero-order chi connectivity index (χ0) is 13.2. The van der Waals surface area contributed by atoms with Crippen LogP contribution in [0.2, 0.25) is 0 Å². The Labute approximate surface area is 115 Å². The average Bonchev–Trinajstić information content (AvgIpc) is 3.03. The van der Waals surface area contributed by atoms with Crippen LogP contribution >= 0.6 is 11.3 Å². The van der Waals surface area contributed by atoms with Gasteiger partial charge in [0.1, 0.15) is 0 Å². The number of imidazole rings is 1. The fraction of sp³-hybridized carbons (Fsp3) is 0.538. The summed E-state index contributed by atoms with van der Waals surface area (Å²) in [5.74, 6) is -0.757. The Morgan fingerprint density at radius 2 is 2.32 bits per heavy atom. The summed E-state index contributed by atoms with van der Waals surface area (Å²) in [4.78, 5) is 18.6. The molecule has 102 valence electrons. The minimum Gasteiger partial charge on any atom is -0.480 e. The van der Waals surface area contributed by atoms with E-state index < -0.39 is 5.97 Å². The van der Waals surface area contributed by atoms with E-state index in [0.29, 0.717) is 12.6 Å². The van der Waals surface area contributed by atoms with Crippen molar-refractivity contribution in [1.29, 1.82) is 0 Å². The van der Waals surface area contributed by atoms with E-state index >= 15 is 0 Å². The van der Waals surface area contributed by atoms with Gasteiger partial charge in [0, 0.05) is 30.4 Å². The summed E-state index contributed by atoms with van der Waals surface area (Å²) in [6, 6.07) is 0.399. The minimum absolute atomic E-state index is 0.107. The van der Waals surface area contributed by atoms with Crippen molar-refractivity contribution in [2.24, 2.45) is 0 Å². The van der Waals surface area contributed by atoms with Gasteiger partial charge in [-0.2, -0.15) is 0 Å². The predicted molar refractivity (Wildman–Crippen MR) is 73.4 cm³/mol. The molecule has 5 nitrogen and oxygen atoms in total. The van der Waals surface area contributed by atoms with Gasteiger partial charge in [0.05, 0.1) is 12.2 Å². The van der Waals surface area contributed by atoms with E-state index in [1.807, 2.05) is 22.2 Å². The molecule has 1 N–H and O–H groups in total. The molecule has 0 aliphatic heterocycles. The number of rotatable bonds is 5. The lowest BCUT2D eigenvalue weighted by Crippen LogP contribution is -2.37. The molecule has 0 aromatic carbocycles. The number of aliphatic carboxylic acids is 1. The van der Waals surface area contributed by atoms with Gasteiger partial charge in [-0.05, 0) is 12.8 Å². The van der Waals surface area contributed by atoms with Crippen LogP contribution < -0.4 is 0 Å². The lowest BCUT2D eigenvalue weighted by atomic mass is 10.2. The molecular formula is C13H17N3O2S. The summed E-state index contributed by atoms with van der Waals surface area (Å²) in [5, 5.41) is 11.1. The maximum Gasteiger partial charge on any atom is 0.317 e. The summed E-state index contributed by atoms with van der Waals surface area (Å²) in [7, 11) is 0. The topological polar surface area (TPSA) is 57.8 Å². The molecule has 0 saturated heterocycles. The standard InChI is InChI=1S/C13H17N3O2S/c17-12(18)9-16(11-3-1-2-4-11)8-10-7-15-5-6-19-13(15)14-10/h5-7,11H,1-4,8-9H2,(H,17,18). The number of aromatic nitrogens is 2. The van der Waals surface area contributed by atoms with Gasteiger partial charge in [0.25, 0.3) is 0 Å². The quantitative estimate of drug-likeness (QED) is 0.912. The lowest BCUT2D eigenvalue weighted by Gasteiger charge is -2.26. The van der Waals surface area contributed by atoms with Crippen LogP contribution in [0, 0.1) is 0 Å². The second-order valence-corrected chi connectivity index (χ2v) is 5.94. The van der Waals surface area contributed by atoms with Crippen molar-refractivity contribution < 1.29 is 9.90 Å².